The van der Waals surface area contributed by atoms with Crippen LogP contribution in [0, 0.1) is 10.1 Å². The van der Waals surface area contributed by atoms with E-state index in [0.29, 0.717) is 28.3 Å². The van der Waals surface area contributed by atoms with Crippen LogP contribution in [0.3, 0.4) is 0 Å². The molecule has 1 atom stereocenters. The van der Waals surface area contributed by atoms with Gasteiger partial charge in [0, 0.05) is 11.8 Å². The van der Waals surface area contributed by atoms with Crippen LogP contribution in [0.2, 0.25) is 0 Å². The average Bonchev–Trinajstić information content (AvgIpc) is 2.78. The lowest BCUT2D eigenvalue weighted by atomic mass is 10.0. The molecular formula is C23H19N3O4. The Bertz CT molecular complexity index is 1140. The lowest BCUT2D eigenvalue weighted by Gasteiger charge is -2.36. The molecule has 0 saturated carbocycles. The number of nitrogens with one attached hydrogen (secondary N) is 1. The normalized spacial score (nSPS) is 15.6. The van der Waals surface area contributed by atoms with Gasteiger partial charge in [-0.3, -0.25) is 19.8 Å². The van der Waals surface area contributed by atoms with Gasteiger partial charge in [0.25, 0.3) is 11.6 Å². The van der Waals surface area contributed by atoms with Gasteiger partial charge in [0.15, 0.2) is 0 Å². The fourth-order valence-electron chi connectivity index (χ4n) is 3.49. The molecule has 7 nitrogen and oxygen atoms in total. The summed E-state index contributed by atoms with van der Waals surface area (Å²) in [5.74, 6) is 0.363. The molecule has 0 saturated heterocycles. The third kappa shape index (κ3) is 3.48. The van der Waals surface area contributed by atoms with Gasteiger partial charge < -0.3 is 10.1 Å². The number of methoxy groups -OCH3 is 1. The van der Waals surface area contributed by atoms with Crippen LogP contribution in [0.15, 0.2) is 78.9 Å². The molecular weight excluding hydrogens is 382 g/mol. The number of hydrogen-bond acceptors (Lipinski definition) is 5. The number of benzene rings is 3. The average molecular weight is 401 g/mol. The first-order chi connectivity index (χ1) is 14.6. The Hall–Kier alpha value is -4.13. The third-order valence-corrected chi connectivity index (χ3v) is 4.89. The zero-order chi connectivity index (χ0) is 21.1. The second-order valence-corrected chi connectivity index (χ2v) is 6.66. The SMILES string of the molecule is COc1ccccc1N1C(=O)c2ccccc2N[C@@H]1/C=C/c1ccccc1[N+](=O)[O-]. The number of hydrogen-bond donors (Lipinski definition) is 1. The van der Waals surface area contributed by atoms with E-state index < -0.39 is 11.1 Å². The van der Waals surface area contributed by atoms with Crippen molar-refractivity contribution in [2.75, 3.05) is 17.3 Å². The van der Waals surface area contributed by atoms with Crippen molar-refractivity contribution in [3.63, 3.8) is 0 Å². The fourth-order valence-corrected chi connectivity index (χ4v) is 3.49. The summed E-state index contributed by atoms with van der Waals surface area (Å²) in [6, 6.07) is 21.0. The van der Waals surface area contributed by atoms with Crippen LogP contribution in [0.25, 0.3) is 6.08 Å². The number of nitro benzene ring substituents is 1. The summed E-state index contributed by atoms with van der Waals surface area (Å²) in [5.41, 5.74) is 2.30. The molecule has 7 heteroatoms. The summed E-state index contributed by atoms with van der Waals surface area (Å²) in [6.45, 7) is 0. The number of amides is 1. The Morgan fingerprint density at radius 1 is 1.03 bits per heavy atom. The molecule has 0 fully saturated rings. The van der Waals surface area contributed by atoms with Crippen molar-refractivity contribution in [2.24, 2.45) is 0 Å². The molecule has 30 heavy (non-hydrogen) atoms. The van der Waals surface area contributed by atoms with E-state index in [2.05, 4.69) is 5.32 Å². The van der Waals surface area contributed by atoms with Gasteiger partial charge in [-0.05, 0) is 42.5 Å². The van der Waals surface area contributed by atoms with E-state index in [9.17, 15) is 14.9 Å². The molecule has 1 aliphatic heterocycles. The maximum absolute atomic E-state index is 13.4. The van der Waals surface area contributed by atoms with Gasteiger partial charge in [-0.2, -0.15) is 0 Å². The predicted octanol–water partition coefficient (Wildman–Crippen LogP) is 4.72. The second-order valence-electron chi connectivity index (χ2n) is 6.66. The largest absolute Gasteiger partial charge is 0.495 e. The summed E-state index contributed by atoms with van der Waals surface area (Å²) >= 11 is 0. The molecule has 0 bridgehead atoms. The molecule has 3 aromatic rings. The summed E-state index contributed by atoms with van der Waals surface area (Å²) in [6.07, 6.45) is 2.82. The molecule has 0 spiro atoms. The Morgan fingerprint density at radius 3 is 2.53 bits per heavy atom. The molecule has 4 rings (SSSR count). The van der Waals surface area contributed by atoms with E-state index >= 15 is 0 Å². The van der Waals surface area contributed by atoms with Crippen LogP contribution in [-0.4, -0.2) is 24.1 Å². The highest BCUT2D eigenvalue weighted by Gasteiger charge is 2.33. The summed E-state index contributed by atoms with van der Waals surface area (Å²) in [4.78, 5) is 25.9. The van der Waals surface area contributed by atoms with Crippen LogP contribution in [0.1, 0.15) is 15.9 Å². The lowest BCUT2D eigenvalue weighted by molar-refractivity contribution is -0.385. The van der Waals surface area contributed by atoms with Crippen molar-refractivity contribution in [1.29, 1.82) is 0 Å². The van der Waals surface area contributed by atoms with Crippen LogP contribution < -0.4 is 15.0 Å². The third-order valence-electron chi connectivity index (χ3n) is 4.89. The molecule has 1 amide bonds. The molecule has 0 unspecified atom stereocenters. The highest BCUT2D eigenvalue weighted by molar-refractivity contribution is 6.13. The Kier molecular flexibility index (Phi) is 5.17. The smallest absolute Gasteiger partial charge is 0.276 e. The van der Waals surface area contributed by atoms with E-state index in [0.717, 1.165) is 0 Å². The Labute approximate surface area is 173 Å². The number of fused-ring (bicyclic) bond motifs is 1. The Balaban J connectivity index is 1.80. The van der Waals surface area contributed by atoms with Gasteiger partial charge in [-0.1, -0.05) is 36.4 Å². The highest BCUT2D eigenvalue weighted by atomic mass is 16.6. The van der Waals surface area contributed by atoms with E-state index in [1.54, 1.807) is 60.6 Å². The number of anilines is 2. The van der Waals surface area contributed by atoms with Crippen molar-refractivity contribution in [3.8, 4) is 5.75 Å². The molecule has 1 N–H and O–H groups in total. The van der Waals surface area contributed by atoms with Gasteiger partial charge in [0.2, 0.25) is 0 Å². The molecule has 1 heterocycles. The first kappa shape index (κ1) is 19.2. The predicted molar refractivity (Wildman–Crippen MR) is 116 cm³/mol. The zero-order valence-corrected chi connectivity index (χ0v) is 16.2. The molecule has 150 valence electrons. The molecule has 0 aliphatic carbocycles. The number of carbonyl (C=O) groups is 1. The van der Waals surface area contributed by atoms with Gasteiger partial charge in [0.1, 0.15) is 11.9 Å². The molecule has 0 radical (unpaired) electrons. The minimum absolute atomic E-state index is 0.000118. The standard InChI is InChI=1S/C23H19N3O4/c1-30-21-13-7-6-12-20(21)25-22(24-18-10-4-3-9-17(18)23(25)27)15-14-16-8-2-5-11-19(16)26(28)29/h2-15,22,24H,1H3/b15-14+/t22-/m0/s1. The molecule has 1 aliphatic rings. The minimum Gasteiger partial charge on any atom is -0.495 e. The van der Waals surface area contributed by atoms with Crippen LogP contribution >= 0.6 is 0 Å². The highest BCUT2D eigenvalue weighted by Crippen LogP contribution is 2.35. The van der Waals surface area contributed by atoms with E-state index in [4.69, 9.17) is 4.74 Å². The van der Waals surface area contributed by atoms with Crippen molar-refractivity contribution in [1.82, 2.24) is 0 Å². The number of para-hydroxylation sites is 4. The first-order valence-corrected chi connectivity index (χ1v) is 9.34. The fraction of sp³-hybridized carbons (Fsp3) is 0.0870. The van der Waals surface area contributed by atoms with Crippen molar-refractivity contribution < 1.29 is 14.5 Å². The minimum atomic E-state index is -0.566. The maximum Gasteiger partial charge on any atom is 0.276 e. The Morgan fingerprint density at radius 2 is 1.73 bits per heavy atom. The number of nitro groups is 1. The topological polar surface area (TPSA) is 84.7 Å². The van der Waals surface area contributed by atoms with Gasteiger partial charge in [-0.15, -0.1) is 0 Å². The van der Waals surface area contributed by atoms with Crippen molar-refractivity contribution >= 4 is 29.0 Å². The summed E-state index contributed by atoms with van der Waals surface area (Å²) in [5, 5.41) is 14.7. The van der Waals surface area contributed by atoms with E-state index in [1.807, 2.05) is 30.3 Å². The van der Waals surface area contributed by atoms with Crippen LogP contribution in [-0.2, 0) is 0 Å². The molecule has 0 aromatic heterocycles. The van der Waals surface area contributed by atoms with Crippen LogP contribution in [0.5, 0.6) is 5.75 Å². The van der Waals surface area contributed by atoms with Crippen LogP contribution in [0.4, 0.5) is 17.1 Å². The summed E-state index contributed by atoms with van der Waals surface area (Å²) < 4.78 is 5.46. The second kappa shape index (κ2) is 8.08. The molecule has 3 aromatic carbocycles. The van der Waals surface area contributed by atoms with Crippen molar-refractivity contribution in [2.45, 2.75) is 6.17 Å². The van der Waals surface area contributed by atoms with E-state index in [-0.39, 0.29) is 11.6 Å². The monoisotopic (exact) mass is 401 g/mol. The number of rotatable bonds is 5. The lowest BCUT2D eigenvalue weighted by Crippen LogP contribution is -2.48. The van der Waals surface area contributed by atoms with E-state index in [1.165, 1.54) is 6.07 Å². The van der Waals surface area contributed by atoms with Gasteiger partial charge in [0.05, 0.1) is 28.8 Å². The van der Waals surface area contributed by atoms with Gasteiger partial charge >= 0.3 is 0 Å². The number of nitrogens with zero attached hydrogens (tertiary/aromatic N) is 2. The quantitative estimate of drug-likeness (QED) is 0.494. The zero-order valence-electron chi connectivity index (χ0n) is 16.2. The maximum atomic E-state index is 13.4. The van der Waals surface area contributed by atoms with Gasteiger partial charge in [-0.25, -0.2) is 0 Å². The number of ether oxygens (including phenoxy) is 1. The summed E-state index contributed by atoms with van der Waals surface area (Å²) in [7, 11) is 1.55. The first-order valence-electron chi connectivity index (χ1n) is 9.34. The van der Waals surface area contributed by atoms with Crippen molar-refractivity contribution in [3.05, 3.63) is 100 Å². The number of carbonyl (C=O) groups excluding carboxylic acids is 1.